The second-order valence-electron chi connectivity index (χ2n) is 5.40. The zero-order chi connectivity index (χ0) is 11.9. The lowest BCUT2D eigenvalue weighted by atomic mass is 9.97. The number of nitrogens with two attached hydrogens (primary N) is 1. The standard InChI is InChI=1S/C13H27NO2/c1-13(14,11-15)9-5-6-10-16-12-7-3-2-4-8-12/h12,15H,2-11,14H2,1H3. The van der Waals surface area contributed by atoms with Gasteiger partial charge in [-0.25, -0.2) is 0 Å². The van der Waals surface area contributed by atoms with Gasteiger partial charge >= 0.3 is 0 Å². The highest BCUT2D eigenvalue weighted by Crippen LogP contribution is 2.20. The highest BCUT2D eigenvalue weighted by atomic mass is 16.5. The van der Waals surface area contributed by atoms with Crippen LogP contribution in [0.15, 0.2) is 0 Å². The Morgan fingerprint density at radius 3 is 2.56 bits per heavy atom. The van der Waals surface area contributed by atoms with E-state index < -0.39 is 5.54 Å². The third-order valence-corrected chi connectivity index (χ3v) is 3.41. The van der Waals surface area contributed by atoms with Crippen LogP contribution < -0.4 is 5.73 Å². The van der Waals surface area contributed by atoms with Crippen LogP contribution in [-0.2, 0) is 4.74 Å². The summed E-state index contributed by atoms with van der Waals surface area (Å²) in [4.78, 5) is 0. The maximum absolute atomic E-state index is 9.00. The normalized spacial score (nSPS) is 21.9. The van der Waals surface area contributed by atoms with Crippen molar-refractivity contribution in [1.29, 1.82) is 0 Å². The number of hydrogen-bond donors (Lipinski definition) is 2. The summed E-state index contributed by atoms with van der Waals surface area (Å²) in [6, 6.07) is 0. The second kappa shape index (κ2) is 7.25. The molecule has 3 N–H and O–H groups in total. The highest BCUT2D eigenvalue weighted by molar-refractivity contribution is 4.76. The molecule has 96 valence electrons. The van der Waals surface area contributed by atoms with Crippen molar-refractivity contribution in [3.05, 3.63) is 0 Å². The summed E-state index contributed by atoms with van der Waals surface area (Å²) in [5.74, 6) is 0. The van der Waals surface area contributed by atoms with Gasteiger partial charge in [0.05, 0.1) is 12.7 Å². The third kappa shape index (κ3) is 5.83. The average molecular weight is 229 g/mol. The first-order chi connectivity index (χ1) is 7.64. The molecule has 1 unspecified atom stereocenters. The predicted octanol–water partition coefficient (Wildman–Crippen LogP) is 2.22. The Morgan fingerprint density at radius 1 is 1.25 bits per heavy atom. The second-order valence-corrected chi connectivity index (χ2v) is 5.40. The molecule has 3 heteroatoms. The Morgan fingerprint density at radius 2 is 1.94 bits per heavy atom. The van der Waals surface area contributed by atoms with Crippen molar-refractivity contribution in [2.75, 3.05) is 13.2 Å². The first kappa shape index (κ1) is 13.9. The van der Waals surface area contributed by atoms with Crippen LogP contribution in [0.5, 0.6) is 0 Å². The lowest BCUT2D eigenvalue weighted by Crippen LogP contribution is -2.40. The van der Waals surface area contributed by atoms with E-state index in [1.165, 1.54) is 32.1 Å². The van der Waals surface area contributed by atoms with Crippen molar-refractivity contribution in [2.45, 2.75) is 69.9 Å². The average Bonchev–Trinajstić information content (AvgIpc) is 2.30. The Labute approximate surface area is 99.4 Å². The number of hydrogen-bond acceptors (Lipinski definition) is 3. The van der Waals surface area contributed by atoms with Gasteiger partial charge in [-0.2, -0.15) is 0 Å². The summed E-state index contributed by atoms with van der Waals surface area (Å²) in [5.41, 5.74) is 5.44. The maximum Gasteiger partial charge on any atom is 0.0608 e. The molecule has 1 atom stereocenters. The summed E-state index contributed by atoms with van der Waals surface area (Å²) in [6.45, 7) is 2.82. The zero-order valence-corrected chi connectivity index (χ0v) is 10.6. The number of rotatable bonds is 7. The van der Waals surface area contributed by atoms with Crippen LogP contribution in [-0.4, -0.2) is 30.0 Å². The summed E-state index contributed by atoms with van der Waals surface area (Å²) in [7, 11) is 0. The van der Waals surface area contributed by atoms with E-state index in [1.807, 2.05) is 6.92 Å². The Balaban J connectivity index is 1.95. The monoisotopic (exact) mass is 229 g/mol. The SMILES string of the molecule is CC(N)(CO)CCCCOC1CCCCC1. The first-order valence-electron chi connectivity index (χ1n) is 6.65. The van der Waals surface area contributed by atoms with Crippen molar-refractivity contribution in [1.82, 2.24) is 0 Å². The number of aliphatic hydroxyl groups excluding tert-OH is 1. The minimum atomic E-state index is -0.412. The quantitative estimate of drug-likeness (QED) is 0.658. The molecule has 3 nitrogen and oxygen atoms in total. The minimum Gasteiger partial charge on any atom is -0.394 e. The van der Waals surface area contributed by atoms with Crippen LogP contribution in [0.4, 0.5) is 0 Å². The fraction of sp³-hybridized carbons (Fsp3) is 1.00. The summed E-state index contributed by atoms with van der Waals surface area (Å²) < 4.78 is 5.83. The molecule has 1 saturated carbocycles. The molecule has 0 radical (unpaired) electrons. The van der Waals surface area contributed by atoms with Crippen molar-refractivity contribution in [3.63, 3.8) is 0 Å². The Hall–Kier alpha value is -0.120. The van der Waals surface area contributed by atoms with E-state index in [0.29, 0.717) is 6.10 Å². The van der Waals surface area contributed by atoms with E-state index in [4.69, 9.17) is 15.6 Å². The summed E-state index contributed by atoms with van der Waals surface area (Å²) in [6.07, 6.45) is 10.0. The van der Waals surface area contributed by atoms with E-state index >= 15 is 0 Å². The van der Waals surface area contributed by atoms with Crippen LogP contribution >= 0.6 is 0 Å². The van der Waals surface area contributed by atoms with Gasteiger partial charge in [0.25, 0.3) is 0 Å². The molecule has 0 saturated heterocycles. The lowest BCUT2D eigenvalue weighted by Gasteiger charge is -2.23. The van der Waals surface area contributed by atoms with E-state index in [-0.39, 0.29) is 6.61 Å². The van der Waals surface area contributed by atoms with Gasteiger partial charge in [0.1, 0.15) is 0 Å². The Bertz CT molecular complexity index is 177. The van der Waals surface area contributed by atoms with E-state index in [0.717, 1.165) is 25.9 Å². The molecule has 1 aliphatic carbocycles. The van der Waals surface area contributed by atoms with Gasteiger partial charge in [-0.15, -0.1) is 0 Å². The van der Waals surface area contributed by atoms with E-state index in [9.17, 15) is 0 Å². The number of unbranched alkanes of at least 4 members (excludes halogenated alkanes) is 1. The summed E-state index contributed by atoms with van der Waals surface area (Å²) >= 11 is 0. The van der Waals surface area contributed by atoms with Crippen molar-refractivity contribution < 1.29 is 9.84 Å². The molecule has 1 rings (SSSR count). The smallest absolute Gasteiger partial charge is 0.0608 e. The number of ether oxygens (including phenoxy) is 1. The van der Waals surface area contributed by atoms with Crippen molar-refractivity contribution in [3.8, 4) is 0 Å². The number of aliphatic hydroxyl groups is 1. The topological polar surface area (TPSA) is 55.5 Å². The van der Waals surface area contributed by atoms with Crippen LogP contribution in [0, 0.1) is 0 Å². The van der Waals surface area contributed by atoms with Crippen molar-refractivity contribution in [2.24, 2.45) is 5.73 Å². The van der Waals surface area contributed by atoms with Crippen LogP contribution in [0.1, 0.15) is 58.3 Å². The van der Waals surface area contributed by atoms with Gasteiger partial charge in [-0.05, 0) is 39.0 Å². The van der Waals surface area contributed by atoms with Gasteiger partial charge in [0.15, 0.2) is 0 Å². The molecule has 0 aliphatic heterocycles. The molecule has 0 amide bonds. The van der Waals surface area contributed by atoms with Gasteiger partial charge in [-0.3, -0.25) is 0 Å². The van der Waals surface area contributed by atoms with Crippen LogP contribution in [0.3, 0.4) is 0 Å². The molecule has 0 bridgehead atoms. The molecule has 0 aromatic heterocycles. The van der Waals surface area contributed by atoms with Gasteiger partial charge < -0.3 is 15.6 Å². The zero-order valence-electron chi connectivity index (χ0n) is 10.6. The first-order valence-corrected chi connectivity index (χ1v) is 6.65. The fourth-order valence-corrected chi connectivity index (χ4v) is 2.19. The van der Waals surface area contributed by atoms with Gasteiger partial charge in [0, 0.05) is 12.1 Å². The molecule has 1 fully saturated rings. The highest BCUT2D eigenvalue weighted by Gasteiger charge is 2.16. The largest absolute Gasteiger partial charge is 0.394 e. The molecular weight excluding hydrogens is 202 g/mol. The van der Waals surface area contributed by atoms with Gasteiger partial charge in [0.2, 0.25) is 0 Å². The van der Waals surface area contributed by atoms with Gasteiger partial charge in [-0.1, -0.05) is 19.3 Å². The third-order valence-electron chi connectivity index (χ3n) is 3.41. The molecule has 1 aliphatic rings. The van der Waals surface area contributed by atoms with E-state index in [1.54, 1.807) is 0 Å². The summed E-state index contributed by atoms with van der Waals surface area (Å²) in [5, 5.41) is 9.00. The maximum atomic E-state index is 9.00. The van der Waals surface area contributed by atoms with E-state index in [2.05, 4.69) is 0 Å². The Kier molecular flexibility index (Phi) is 6.32. The molecule has 16 heavy (non-hydrogen) atoms. The molecular formula is C13H27NO2. The van der Waals surface area contributed by atoms with Crippen LogP contribution in [0.25, 0.3) is 0 Å². The molecule has 0 spiro atoms. The molecule has 0 aromatic rings. The van der Waals surface area contributed by atoms with Crippen LogP contribution in [0.2, 0.25) is 0 Å². The fourth-order valence-electron chi connectivity index (χ4n) is 2.19. The predicted molar refractivity (Wildman–Crippen MR) is 66.4 cm³/mol. The molecule has 0 heterocycles. The van der Waals surface area contributed by atoms with Crippen molar-refractivity contribution >= 4 is 0 Å². The lowest BCUT2D eigenvalue weighted by molar-refractivity contribution is 0.0255. The minimum absolute atomic E-state index is 0.0660. The molecule has 0 aromatic carbocycles.